The largest absolute Gasteiger partial charge is 0.466 e. The summed E-state index contributed by atoms with van der Waals surface area (Å²) < 4.78 is 6.36. The molecule has 3 aromatic heterocycles. The highest BCUT2D eigenvalue weighted by Gasteiger charge is 2.15. The number of benzene rings is 1. The average Bonchev–Trinajstić information content (AvgIpc) is 3.41. The number of hydrogen-bond acceptors (Lipinski definition) is 8. The minimum Gasteiger partial charge on any atom is -0.466 e. The van der Waals surface area contributed by atoms with Crippen molar-refractivity contribution in [2.24, 2.45) is 0 Å². The maximum absolute atomic E-state index is 13.1. The van der Waals surface area contributed by atoms with Gasteiger partial charge in [-0.15, -0.1) is 22.7 Å². The molecule has 4 aromatic rings. The zero-order valence-corrected chi connectivity index (χ0v) is 19.8. The van der Waals surface area contributed by atoms with E-state index in [2.05, 4.69) is 15.3 Å². The fourth-order valence-corrected chi connectivity index (χ4v) is 4.91. The van der Waals surface area contributed by atoms with Gasteiger partial charge >= 0.3 is 5.97 Å². The molecule has 0 unspecified atom stereocenters. The van der Waals surface area contributed by atoms with E-state index in [4.69, 9.17) is 4.74 Å². The molecular formula is C23H22N4O4S2. The number of hydrogen-bond donors (Lipinski definition) is 1. The number of rotatable bonds is 8. The number of amides is 1. The first-order valence-electron chi connectivity index (χ1n) is 10.4. The van der Waals surface area contributed by atoms with E-state index in [1.165, 1.54) is 33.6 Å². The molecule has 0 radical (unpaired) electrons. The van der Waals surface area contributed by atoms with Gasteiger partial charge in [-0.2, -0.15) is 0 Å². The second kappa shape index (κ2) is 10.1. The monoisotopic (exact) mass is 482 g/mol. The molecule has 0 aliphatic carbocycles. The molecule has 0 bridgehead atoms. The Morgan fingerprint density at radius 1 is 1.15 bits per heavy atom. The summed E-state index contributed by atoms with van der Waals surface area (Å²) in [6, 6.07) is 8.00. The quantitative estimate of drug-likeness (QED) is 0.381. The molecule has 4 rings (SSSR count). The second-order valence-corrected chi connectivity index (χ2v) is 9.08. The molecule has 0 spiro atoms. The zero-order valence-electron chi connectivity index (χ0n) is 18.2. The van der Waals surface area contributed by atoms with Gasteiger partial charge in [0.05, 0.1) is 30.4 Å². The van der Waals surface area contributed by atoms with Gasteiger partial charge < -0.3 is 10.1 Å². The van der Waals surface area contributed by atoms with Crippen LogP contribution in [-0.4, -0.2) is 33.0 Å². The van der Waals surface area contributed by atoms with Crippen molar-refractivity contribution in [3.8, 4) is 11.1 Å². The van der Waals surface area contributed by atoms with E-state index in [1.807, 2.05) is 36.6 Å². The van der Waals surface area contributed by atoms with E-state index < -0.39 is 0 Å². The normalized spacial score (nSPS) is 11.0. The van der Waals surface area contributed by atoms with E-state index in [9.17, 15) is 14.4 Å². The molecular weight excluding hydrogens is 460 g/mol. The molecule has 0 saturated heterocycles. The van der Waals surface area contributed by atoms with E-state index in [1.54, 1.807) is 12.3 Å². The fourth-order valence-electron chi connectivity index (χ4n) is 3.28. The van der Waals surface area contributed by atoms with Crippen molar-refractivity contribution in [3.63, 3.8) is 0 Å². The van der Waals surface area contributed by atoms with Crippen LogP contribution in [0.5, 0.6) is 0 Å². The number of nitrogens with zero attached hydrogens (tertiary/aromatic N) is 3. The summed E-state index contributed by atoms with van der Waals surface area (Å²) in [5.74, 6) is -0.635. The lowest BCUT2D eigenvalue weighted by Crippen LogP contribution is -2.23. The fraction of sp³-hybridized carbons (Fsp3) is 0.261. The molecule has 0 atom stereocenters. The van der Waals surface area contributed by atoms with E-state index in [0.717, 1.165) is 16.7 Å². The Bertz CT molecular complexity index is 1360. The maximum Gasteiger partial charge on any atom is 0.311 e. The molecule has 3 heterocycles. The van der Waals surface area contributed by atoms with Crippen LogP contribution in [0.1, 0.15) is 24.6 Å². The van der Waals surface area contributed by atoms with E-state index >= 15 is 0 Å². The van der Waals surface area contributed by atoms with Crippen LogP contribution in [0.3, 0.4) is 0 Å². The number of anilines is 1. The number of thiazole rings is 1. The summed E-state index contributed by atoms with van der Waals surface area (Å²) in [5.41, 5.74) is 3.33. The lowest BCUT2D eigenvalue weighted by atomic mass is 10.1. The topological polar surface area (TPSA) is 103 Å². The summed E-state index contributed by atoms with van der Waals surface area (Å²) in [6.07, 6.45) is 1.63. The van der Waals surface area contributed by atoms with Gasteiger partial charge in [-0.1, -0.05) is 29.8 Å². The highest BCUT2D eigenvalue weighted by atomic mass is 32.1. The van der Waals surface area contributed by atoms with Gasteiger partial charge in [-0.3, -0.25) is 19.0 Å². The first kappa shape index (κ1) is 22.8. The van der Waals surface area contributed by atoms with Crippen LogP contribution in [0.4, 0.5) is 5.13 Å². The van der Waals surface area contributed by atoms with Crippen molar-refractivity contribution in [2.75, 3.05) is 11.9 Å². The first-order chi connectivity index (χ1) is 15.9. The van der Waals surface area contributed by atoms with Crippen molar-refractivity contribution < 1.29 is 14.3 Å². The second-order valence-electron chi connectivity index (χ2n) is 7.36. The molecule has 0 saturated carbocycles. The molecule has 0 aliphatic rings. The summed E-state index contributed by atoms with van der Waals surface area (Å²) in [6.45, 7) is 4.26. The summed E-state index contributed by atoms with van der Waals surface area (Å²) in [4.78, 5) is 46.4. The van der Waals surface area contributed by atoms with Crippen molar-refractivity contribution in [3.05, 3.63) is 63.0 Å². The van der Waals surface area contributed by atoms with Crippen molar-refractivity contribution in [1.29, 1.82) is 0 Å². The van der Waals surface area contributed by atoms with Crippen LogP contribution in [0.15, 0.2) is 46.1 Å². The third-order valence-corrected chi connectivity index (χ3v) is 6.62. The number of fused-ring (bicyclic) bond motifs is 1. The number of esters is 1. The smallest absolute Gasteiger partial charge is 0.311 e. The lowest BCUT2D eigenvalue weighted by Gasteiger charge is -2.06. The molecule has 8 nitrogen and oxygen atoms in total. The molecule has 33 heavy (non-hydrogen) atoms. The van der Waals surface area contributed by atoms with Crippen LogP contribution in [0, 0.1) is 6.92 Å². The Hall–Kier alpha value is -3.37. The highest BCUT2D eigenvalue weighted by Crippen LogP contribution is 2.30. The zero-order chi connectivity index (χ0) is 23.4. The Labute approximate surface area is 197 Å². The first-order valence-corrected chi connectivity index (χ1v) is 12.1. The van der Waals surface area contributed by atoms with Gasteiger partial charge in [0.2, 0.25) is 5.91 Å². The predicted molar refractivity (Wildman–Crippen MR) is 130 cm³/mol. The van der Waals surface area contributed by atoms with E-state index in [-0.39, 0.29) is 36.8 Å². The predicted octanol–water partition coefficient (Wildman–Crippen LogP) is 4.02. The van der Waals surface area contributed by atoms with Gasteiger partial charge in [0.1, 0.15) is 4.83 Å². The van der Waals surface area contributed by atoms with Gasteiger partial charge in [0, 0.05) is 29.3 Å². The molecule has 0 aliphatic heterocycles. The number of nitrogens with one attached hydrogen (secondary N) is 1. The Morgan fingerprint density at radius 3 is 2.70 bits per heavy atom. The number of carbonyl (C=O) groups is 2. The standard InChI is InChI=1S/C23H22N4O4S2/c1-3-31-19(29)10-16-11-33-23(25-16)26-18(28)8-9-27-13-24-21-20(22(27)30)17(12-32-21)15-6-4-14(2)5-7-15/h4-7,11-13H,3,8-10H2,1-2H3,(H,25,26,28). The summed E-state index contributed by atoms with van der Waals surface area (Å²) in [7, 11) is 0. The molecule has 0 fully saturated rings. The summed E-state index contributed by atoms with van der Waals surface area (Å²) in [5, 5.41) is 7.33. The average molecular weight is 483 g/mol. The third-order valence-electron chi connectivity index (χ3n) is 4.93. The van der Waals surface area contributed by atoms with Gasteiger partial charge in [-0.05, 0) is 19.4 Å². The van der Waals surface area contributed by atoms with Crippen LogP contribution in [0.2, 0.25) is 0 Å². The highest BCUT2D eigenvalue weighted by molar-refractivity contribution is 7.17. The minimum atomic E-state index is -0.360. The SMILES string of the molecule is CCOC(=O)Cc1csc(NC(=O)CCn2cnc3scc(-c4ccc(C)cc4)c3c2=O)n1. The number of ether oxygens (including phenoxy) is 1. The maximum atomic E-state index is 13.1. The lowest BCUT2D eigenvalue weighted by molar-refractivity contribution is -0.142. The molecule has 170 valence electrons. The molecule has 1 aromatic carbocycles. The van der Waals surface area contributed by atoms with Gasteiger partial charge in [0.25, 0.3) is 5.56 Å². The Morgan fingerprint density at radius 2 is 1.94 bits per heavy atom. The number of aromatic nitrogens is 3. The van der Waals surface area contributed by atoms with Crippen LogP contribution in [-0.2, 0) is 27.3 Å². The number of carbonyl (C=O) groups excluding carboxylic acids is 2. The van der Waals surface area contributed by atoms with E-state index in [0.29, 0.717) is 27.6 Å². The number of aryl methyl sites for hydroxylation is 2. The minimum absolute atomic E-state index is 0.0608. The number of thiophene rings is 1. The van der Waals surface area contributed by atoms with Crippen LogP contribution >= 0.6 is 22.7 Å². The Kier molecular flexibility index (Phi) is 6.95. The molecule has 1 amide bonds. The Balaban J connectivity index is 1.44. The molecule has 1 N–H and O–H groups in total. The van der Waals surface area contributed by atoms with Crippen molar-refractivity contribution in [1.82, 2.24) is 14.5 Å². The van der Waals surface area contributed by atoms with Crippen molar-refractivity contribution in [2.45, 2.75) is 33.2 Å². The van der Waals surface area contributed by atoms with Crippen molar-refractivity contribution >= 4 is 49.9 Å². The van der Waals surface area contributed by atoms with Gasteiger partial charge in [0.15, 0.2) is 5.13 Å². The molecule has 10 heteroatoms. The van der Waals surface area contributed by atoms with Gasteiger partial charge in [-0.25, -0.2) is 9.97 Å². The van der Waals surface area contributed by atoms with Crippen LogP contribution in [0.25, 0.3) is 21.3 Å². The summed E-state index contributed by atoms with van der Waals surface area (Å²) >= 11 is 2.66. The third kappa shape index (κ3) is 5.35. The van der Waals surface area contributed by atoms with Crippen LogP contribution < -0.4 is 10.9 Å².